The first-order chi connectivity index (χ1) is 12.5. The lowest BCUT2D eigenvalue weighted by Crippen LogP contribution is -2.33. The van der Waals surface area contributed by atoms with Crippen molar-refractivity contribution in [2.24, 2.45) is 0 Å². The second-order valence-corrected chi connectivity index (χ2v) is 6.72. The van der Waals surface area contributed by atoms with E-state index in [0.29, 0.717) is 19.6 Å². The fraction of sp³-hybridized carbons (Fsp3) is 0.381. The second-order valence-electron chi connectivity index (χ2n) is 6.28. The van der Waals surface area contributed by atoms with E-state index < -0.39 is 0 Å². The summed E-state index contributed by atoms with van der Waals surface area (Å²) in [5.74, 6) is 0.589. The number of rotatable bonds is 10. The van der Waals surface area contributed by atoms with Gasteiger partial charge in [0.05, 0.1) is 6.61 Å². The smallest absolute Gasteiger partial charge is 0.302 e. The highest BCUT2D eigenvalue weighted by molar-refractivity contribution is 6.30. The molecule has 0 spiro atoms. The molecule has 0 saturated heterocycles. The molecular formula is C21H26ClNO3. The Labute approximate surface area is 160 Å². The number of benzene rings is 2. The predicted molar refractivity (Wildman–Crippen MR) is 105 cm³/mol. The Bertz CT molecular complexity index is 688. The maximum absolute atomic E-state index is 10.8. The molecule has 0 saturated carbocycles. The minimum atomic E-state index is -0.248. The molecule has 0 aliphatic rings. The van der Waals surface area contributed by atoms with Gasteiger partial charge in [0, 0.05) is 24.4 Å². The number of carbonyl (C=O) groups excluding carboxylic acids is 1. The molecule has 1 unspecified atom stereocenters. The van der Waals surface area contributed by atoms with Crippen LogP contribution >= 0.6 is 11.6 Å². The quantitative estimate of drug-likeness (QED) is 0.636. The minimum Gasteiger partial charge on any atom is -0.492 e. The fourth-order valence-electron chi connectivity index (χ4n) is 2.50. The highest BCUT2D eigenvalue weighted by Gasteiger charge is 2.04. The third-order valence-electron chi connectivity index (χ3n) is 3.91. The number of ether oxygens (including phenoxy) is 2. The van der Waals surface area contributed by atoms with Crippen LogP contribution in [-0.2, 0) is 22.4 Å². The van der Waals surface area contributed by atoms with Gasteiger partial charge in [0.25, 0.3) is 0 Å². The predicted octanol–water partition coefficient (Wildman–Crippen LogP) is 4.05. The van der Waals surface area contributed by atoms with Crippen LogP contribution in [-0.4, -0.2) is 31.8 Å². The lowest BCUT2D eigenvalue weighted by atomic mass is 10.1. The van der Waals surface area contributed by atoms with Gasteiger partial charge in [-0.3, -0.25) is 4.79 Å². The SMILES string of the molecule is CC(=O)OCCc1ccc(OCC(C)NCCc2cccc(Cl)c2)cc1. The monoisotopic (exact) mass is 375 g/mol. The number of hydrogen-bond donors (Lipinski definition) is 1. The van der Waals surface area contributed by atoms with Crippen LogP contribution in [0, 0.1) is 0 Å². The molecule has 26 heavy (non-hydrogen) atoms. The first-order valence-electron chi connectivity index (χ1n) is 8.86. The van der Waals surface area contributed by atoms with Gasteiger partial charge in [-0.05, 0) is 55.3 Å². The number of esters is 1. The van der Waals surface area contributed by atoms with Crippen molar-refractivity contribution >= 4 is 17.6 Å². The molecule has 1 N–H and O–H groups in total. The van der Waals surface area contributed by atoms with Gasteiger partial charge in [-0.15, -0.1) is 0 Å². The molecule has 1 atom stereocenters. The second kappa shape index (κ2) is 10.8. The molecule has 5 heteroatoms. The first kappa shape index (κ1) is 20.3. The van der Waals surface area contributed by atoms with Crippen LogP contribution in [0.25, 0.3) is 0 Å². The van der Waals surface area contributed by atoms with Gasteiger partial charge in [0.15, 0.2) is 0 Å². The molecule has 0 bridgehead atoms. The Morgan fingerprint density at radius 1 is 1.12 bits per heavy atom. The molecule has 0 amide bonds. The van der Waals surface area contributed by atoms with Crippen LogP contribution < -0.4 is 10.1 Å². The van der Waals surface area contributed by atoms with E-state index in [1.165, 1.54) is 12.5 Å². The van der Waals surface area contributed by atoms with Gasteiger partial charge in [-0.2, -0.15) is 0 Å². The molecule has 0 aliphatic carbocycles. The van der Waals surface area contributed by atoms with Gasteiger partial charge >= 0.3 is 5.97 Å². The van der Waals surface area contributed by atoms with E-state index in [0.717, 1.165) is 29.3 Å². The van der Waals surface area contributed by atoms with Gasteiger partial charge in [0.1, 0.15) is 12.4 Å². The van der Waals surface area contributed by atoms with Crippen molar-refractivity contribution in [3.63, 3.8) is 0 Å². The van der Waals surface area contributed by atoms with Gasteiger partial charge in [-0.1, -0.05) is 35.9 Å². The molecule has 2 aromatic carbocycles. The largest absolute Gasteiger partial charge is 0.492 e. The molecule has 2 rings (SSSR count). The van der Waals surface area contributed by atoms with E-state index in [1.54, 1.807) is 0 Å². The number of nitrogens with one attached hydrogen (secondary N) is 1. The van der Waals surface area contributed by atoms with Crippen LogP contribution in [0.15, 0.2) is 48.5 Å². The summed E-state index contributed by atoms with van der Waals surface area (Å²) in [5.41, 5.74) is 2.34. The number of halogens is 1. The zero-order valence-electron chi connectivity index (χ0n) is 15.3. The van der Waals surface area contributed by atoms with Crippen molar-refractivity contribution < 1.29 is 14.3 Å². The minimum absolute atomic E-state index is 0.248. The summed E-state index contributed by atoms with van der Waals surface area (Å²) in [6.07, 6.45) is 1.64. The molecule has 4 nitrogen and oxygen atoms in total. The molecule has 0 radical (unpaired) electrons. The van der Waals surface area contributed by atoms with E-state index in [1.807, 2.05) is 42.5 Å². The summed E-state index contributed by atoms with van der Waals surface area (Å²) in [6.45, 7) is 5.40. The maximum Gasteiger partial charge on any atom is 0.302 e. The van der Waals surface area contributed by atoms with Gasteiger partial charge in [0.2, 0.25) is 0 Å². The van der Waals surface area contributed by atoms with E-state index in [2.05, 4.69) is 18.3 Å². The van der Waals surface area contributed by atoms with Crippen molar-refractivity contribution in [2.75, 3.05) is 19.8 Å². The van der Waals surface area contributed by atoms with Crippen LogP contribution in [0.3, 0.4) is 0 Å². The average molecular weight is 376 g/mol. The zero-order chi connectivity index (χ0) is 18.8. The lowest BCUT2D eigenvalue weighted by molar-refractivity contribution is -0.140. The van der Waals surface area contributed by atoms with E-state index >= 15 is 0 Å². The molecule has 0 fully saturated rings. The Morgan fingerprint density at radius 2 is 1.88 bits per heavy atom. The zero-order valence-corrected chi connectivity index (χ0v) is 16.1. The van der Waals surface area contributed by atoms with Crippen molar-refractivity contribution in [3.8, 4) is 5.75 Å². The van der Waals surface area contributed by atoms with Crippen molar-refractivity contribution in [1.29, 1.82) is 0 Å². The van der Waals surface area contributed by atoms with Crippen molar-refractivity contribution in [1.82, 2.24) is 5.32 Å². The Balaban J connectivity index is 1.65. The highest BCUT2D eigenvalue weighted by Crippen LogP contribution is 2.13. The normalized spacial score (nSPS) is 11.8. The van der Waals surface area contributed by atoms with Gasteiger partial charge in [-0.25, -0.2) is 0 Å². The first-order valence-corrected chi connectivity index (χ1v) is 9.23. The van der Waals surface area contributed by atoms with Crippen molar-refractivity contribution in [2.45, 2.75) is 32.7 Å². The molecule has 0 heterocycles. The third kappa shape index (κ3) is 7.89. The van der Waals surface area contributed by atoms with E-state index in [9.17, 15) is 4.79 Å². The van der Waals surface area contributed by atoms with Crippen LogP contribution in [0.1, 0.15) is 25.0 Å². The Hall–Kier alpha value is -2.04. The summed E-state index contributed by atoms with van der Waals surface area (Å²) < 4.78 is 10.8. The summed E-state index contributed by atoms with van der Waals surface area (Å²) >= 11 is 5.99. The average Bonchev–Trinajstić information content (AvgIpc) is 2.61. The summed E-state index contributed by atoms with van der Waals surface area (Å²) in [4.78, 5) is 10.8. The van der Waals surface area contributed by atoms with Crippen molar-refractivity contribution in [3.05, 3.63) is 64.7 Å². The van der Waals surface area contributed by atoms with E-state index in [-0.39, 0.29) is 12.0 Å². The fourth-order valence-corrected chi connectivity index (χ4v) is 2.71. The Kier molecular flexibility index (Phi) is 8.45. The summed E-state index contributed by atoms with van der Waals surface area (Å²) in [7, 11) is 0. The third-order valence-corrected chi connectivity index (χ3v) is 4.15. The molecule has 2 aromatic rings. The molecule has 140 valence electrons. The lowest BCUT2D eigenvalue weighted by Gasteiger charge is -2.15. The number of carbonyl (C=O) groups is 1. The topological polar surface area (TPSA) is 47.6 Å². The van der Waals surface area contributed by atoms with E-state index in [4.69, 9.17) is 21.1 Å². The molecule has 0 aliphatic heterocycles. The van der Waals surface area contributed by atoms with Crippen LogP contribution in [0.2, 0.25) is 5.02 Å². The standard InChI is InChI=1S/C21H26ClNO3/c1-16(23-12-10-19-4-3-5-20(22)14-19)15-26-21-8-6-18(7-9-21)11-13-25-17(2)24/h3-9,14,16,23H,10-13,15H2,1-2H3. The van der Waals surface area contributed by atoms with Crippen LogP contribution in [0.5, 0.6) is 5.75 Å². The molecular weight excluding hydrogens is 350 g/mol. The highest BCUT2D eigenvalue weighted by atomic mass is 35.5. The van der Waals surface area contributed by atoms with Gasteiger partial charge < -0.3 is 14.8 Å². The molecule has 0 aromatic heterocycles. The summed E-state index contributed by atoms with van der Waals surface area (Å²) in [6, 6.07) is 16.1. The van der Waals surface area contributed by atoms with Crippen LogP contribution in [0.4, 0.5) is 0 Å². The Morgan fingerprint density at radius 3 is 2.58 bits per heavy atom. The maximum atomic E-state index is 10.8. The summed E-state index contributed by atoms with van der Waals surface area (Å²) in [5, 5.41) is 4.23. The number of hydrogen-bond acceptors (Lipinski definition) is 4.